The van der Waals surface area contributed by atoms with E-state index < -0.39 is 0 Å². The summed E-state index contributed by atoms with van der Waals surface area (Å²) in [6.45, 7) is 2.06. The van der Waals surface area contributed by atoms with Crippen molar-refractivity contribution in [2.24, 2.45) is 5.92 Å². The van der Waals surface area contributed by atoms with E-state index in [0.29, 0.717) is 0 Å². The molecule has 2 aromatic carbocycles. The maximum Gasteiger partial charge on any atom is 0.246 e. The highest BCUT2D eigenvalue weighted by atomic mass is 16.2. The lowest BCUT2D eigenvalue weighted by atomic mass is 9.71. The molecule has 1 aliphatic heterocycles. The Hall–Kier alpha value is -2.13. The largest absolute Gasteiger partial charge is 0.273 e. The van der Waals surface area contributed by atoms with Gasteiger partial charge < -0.3 is 0 Å². The quantitative estimate of drug-likeness (QED) is 0.873. The van der Waals surface area contributed by atoms with Crippen molar-refractivity contribution in [3.05, 3.63) is 65.7 Å². The topological polar surface area (TPSA) is 32.3 Å². The van der Waals surface area contributed by atoms with Crippen LogP contribution in [0.1, 0.15) is 30.9 Å². The monoisotopic (exact) mass is 292 g/mol. The smallest absolute Gasteiger partial charge is 0.246 e. The van der Waals surface area contributed by atoms with Crippen LogP contribution in [0.2, 0.25) is 0 Å². The van der Waals surface area contributed by atoms with Crippen molar-refractivity contribution in [3.8, 4) is 0 Å². The second-order valence-corrected chi connectivity index (χ2v) is 6.32. The molecule has 112 valence electrons. The molecule has 1 N–H and O–H groups in total. The van der Waals surface area contributed by atoms with Gasteiger partial charge in [-0.3, -0.25) is 4.79 Å². The van der Waals surface area contributed by atoms with Gasteiger partial charge in [0.1, 0.15) is 0 Å². The summed E-state index contributed by atoms with van der Waals surface area (Å²) in [5.74, 6) is 0.0945. The molecule has 22 heavy (non-hydrogen) atoms. The van der Waals surface area contributed by atoms with Crippen LogP contribution in [0.25, 0.3) is 0 Å². The summed E-state index contributed by atoms with van der Waals surface area (Å²) in [5, 5.41) is 1.74. The van der Waals surface area contributed by atoms with Crippen LogP contribution in [0.15, 0.2) is 54.6 Å². The number of hydrazine groups is 1. The van der Waals surface area contributed by atoms with Gasteiger partial charge in [0.15, 0.2) is 0 Å². The Morgan fingerprint density at radius 2 is 1.82 bits per heavy atom. The average Bonchev–Trinajstić information content (AvgIpc) is 2.82. The number of carbonyl (C=O) groups excluding carboxylic acids is 1. The number of carbonyl (C=O) groups is 1. The Morgan fingerprint density at radius 1 is 1.09 bits per heavy atom. The van der Waals surface area contributed by atoms with Gasteiger partial charge in [0.2, 0.25) is 5.91 Å². The summed E-state index contributed by atoms with van der Waals surface area (Å²) in [7, 11) is 0. The molecule has 0 unspecified atom stereocenters. The molecule has 0 saturated carbocycles. The molecule has 1 saturated heterocycles. The number of rotatable bonds is 1. The predicted octanol–water partition coefficient (Wildman–Crippen LogP) is 3.41. The Kier molecular flexibility index (Phi) is 3.05. The molecule has 0 bridgehead atoms. The summed E-state index contributed by atoms with van der Waals surface area (Å²) in [5.41, 5.74) is 6.88. The lowest BCUT2D eigenvalue weighted by molar-refractivity contribution is -0.120. The molecule has 1 spiro atoms. The summed E-state index contributed by atoms with van der Waals surface area (Å²) < 4.78 is 0. The number of para-hydroxylation sites is 1. The van der Waals surface area contributed by atoms with Crippen molar-refractivity contribution in [1.82, 2.24) is 5.43 Å². The number of hydrogen-bond donors (Lipinski definition) is 1. The number of nitrogens with zero attached hydrogens (tertiary/aromatic N) is 1. The zero-order valence-electron chi connectivity index (χ0n) is 12.8. The van der Waals surface area contributed by atoms with E-state index in [-0.39, 0.29) is 17.4 Å². The minimum Gasteiger partial charge on any atom is -0.273 e. The van der Waals surface area contributed by atoms with Crippen LogP contribution < -0.4 is 10.4 Å². The van der Waals surface area contributed by atoms with Gasteiger partial charge in [0.05, 0.1) is 17.1 Å². The lowest BCUT2D eigenvalue weighted by Crippen LogP contribution is -2.47. The van der Waals surface area contributed by atoms with E-state index in [1.807, 2.05) is 30.3 Å². The fourth-order valence-electron chi connectivity index (χ4n) is 3.96. The molecule has 1 amide bonds. The van der Waals surface area contributed by atoms with Crippen LogP contribution in [-0.2, 0) is 16.8 Å². The molecule has 1 heterocycles. The second kappa shape index (κ2) is 4.96. The molecule has 3 nitrogen and oxygen atoms in total. The second-order valence-electron chi connectivity index (χ2n) is 6.32. The Balaban J connectivity index is 1.80. The van der Waals surface area contributed by atoms with Crippen LogP contribution >= 0.6 is 0 Å². The number of fused-ring (bicyclic) bond motifs is 2. The Labute approximate surface area is 130 Å². The van der Waals surface area contributed by atoms with E-state index in [2.05, 4.69) is 36.6 Å². The summed E-state index contributed by atoms with van der Waals surface area (Å²) in [4.78, 5) is 12.9. The van der Waals surface area contributed by atoms with E-state index >= 15 is 0 Å². The van der Waals surface area contributed by atoms with Crippen molar-refractivity contribution < 1.29 is 4.79 Å². The third-order valence-corrected chi connectivity index (χ3v) is 5.17. The number of anilines is 1. The summed E-state index contributed by atoms with van der Waals surface area (Å²) in [6.07, 6.45) is 3.22. The number of aryl methyl sites for hydroxylation is 1. The number of nitrogens with one attached hydrogen (secondary N) is 1. The highest BCUT2D eigenvalue weighted by Crippen LogP contribution is 2.45. The van der Waals surface area contributed by atoms with Crippen LogP contribution in [0.4, 0.5) is 5.69 Å². The van der Waals surface area contributed by atoms with Crippen molar-refractivity contribution >= 4 is 11.6 Å². The number of amides is 1. The highest BCUT2D eigenvalue weighted by molar-refractivity contribution is 5.97. The molecule has 3 heteroatoms. The minimum atomic E-state index is -0.262. The number of benzene rings is 2. The Bertz CT molecular complexity index is 712. The standard InChI is InChI=1S/C19H20N2O/c1-14-18(22)21(16-10-3-2-4-11-16)20-19(14)13-7-9-15-8-5-6-12-17(15)19/h2-6,8,10-12,14,20H,7,9,13H2,1H3/t14-,19+/m1/s1. The molecular weight excluding hydrogens is 272 g/mol. The van der Waals surface area contributed by atoms with E-state index in [0.717, 1.165) is 24.9 Å². The Morgan fingerprint density at radius 3 is 2.64 bits per heavy atom. The van der Waals surface area contributed by atoms with Gasteiger partial charge >= 0.3 is 0 Å². The third kappa shape index (κ3) is 1.82. The van der Waals surface area contributed by atoms with Gasteiger partial charge in [-0.05, 0) is 42.5 Å². The molecule has 0 radical (unpaired) electrons. The normalized spacial score (nSPS) is 27.2. The van der Waals surface area contributed by atoms with E-state index in [1.54, 1.807) is 5.01 Å². The van der Waals surface area contributed by atoms with Crippen molar-refractivity contribution in [1.29, 1.82) is 0 Å². The van der Waals surface area contributed by atoms with Gasteiger partial charge in [0.25, 0.3) is 0 Å². The predicted molar refractivity (Wildman–Crippen MR) is 87.3 cm³/mol. The third-order valence-electron chi connectivity index (χ3n) is 5.17. The molecule has 1 aliphatic carbocycles. The highest BCUT2D eigenvalue weighted by Gasteiger charge is 2.52. The first-order valence-corrected chi connectivity index (χ1v) is 7.97. The first kappa shape index (κ1) is 13.5. The van der Waals surface area contributed by atoms with Crippen LogP contribution in [-0.4, -0.2) is 5.91 Å². The van der Waals surface area contributed by atoms with Crippen molar-refractivity contribution in [2.45, 2.75) is 31.7 Å². The van der Waals surface area contributed by atoms with Gasteiger partial charge in [-0.1, -0.05) is 49.4 Å². The average molecular weight is 292 g/mol. The van der Waals surface area contributed by atoms with E-state index in [4.69, 9.17) is 0 Å². The molecule has 2 atom stereocenters. The zero-order chi connectivity index (χ0) is 15.2. The van der Waals surface area contributed by atoms with Gasteiger partial charge in [-0.25, -0.2) is 10.4 Å². The molecule has 1 fully saturated rings. The maximum atomic E-state index is 12.9. The van der Waals surface area contributed by atoms with E-state index in [1.165, 1.54) is 11.1 Å². The molecule has 2 aliphatic rings. The van der Waals surface area contributed by atoms with Crippen LogP contribution in [0, 0.1) is 5.92 Å². The van der Waals surface area contributed by atoms with Crippen molar-refractivity contribution in [3.63, 3.8) is 0 Å². The molecule has 4 rings (SSSR count). The maximum absolute atomic E-state index is 12.9. The zero-order valence-corrected chi connectivity index (χ0v) is 12.8. The lowest BCUT2D eigenvalue weighted by Gasteiger charge is -2.38. The first-order valence-electron chi connectivity index (χ1n) is 7.97. The minimum absolute atomic E-state index is 0.0610. The van der Waals surface area contributed by atoms with E-state index in [9.17, 15) is 4.79 Å². The molecular formula is C19H20N2O. The van der Waals surface area contributed by atoms with Crippen LogP contribution in [0.5, 0.6) is 0 Å². The van der Waals surface area contributed by atoms with Gasteiger partial charge in [0, 0.05) is 0 Å². The molecule has 0 aromatic heterocycles. The summed E-state index contributed by atoms with van der Waals surface area (Å²) >= 11 is 0. The fourth-order valence-corrected chi connectivity index (χ4v) is 3.96. The molecule has 2 aromatic rings. The van der Waals surface area contributed by atoms with Crippen molar-refractivity contribution in [2.75, 3.05) is 5.01 Å². The fraction of sp³-hybridized carbons (Fsp3) is 0.316. The first-order chi connectivity index (χ1) is 10.7. The number of hydrogen-bond acceptors (Lipinski definition) is 2. The SMILES string of the molecule is C[C@@H]1C(=O)N(c2ccccc2)N[C@@]12CCCc1ccccc12. The van der Waals surface area contributed by atoms with Crippen LogP contribution in [0.3, 0.4) is 0 Å². The summed E-state index contributed by atoms with van der Waals surface area (Å²) in [6, 6.07) is 18.4. The van der Waals surface area contributed by atoms with Gasteiger partial charge in [-0.2, -0.15) is 0 Å². The van der Waals surface area contributed by atoms with Gasteiger partial charge in [-0.15, -0.1) is 0 Å².